The topological polar surface area (TPSA) is 83.6 Å². The van der Waals surface area contributed by atoms with E-state index in [4.69, 9.17) is 5.14 Å². The number of hydrogen-bond acceptors (Lipinski definition) is 4. The second-order valence-corrected chi connectivity index (χ2v) is 6.66. The molecule has 0 saturated carbocycles. The smallest absolute Gasteiger partial charge is 0.240 e. The molecule has 1 heterocycles. The molecule has 1 aromatic rings. The van der Waals surface area contributed by atoms with Gasteiger partial charge < -0.3 is 10.0 Å². The monoisotopic (exact) mass is 270 g/mol. The zero-order valence-corrected chi connectivity index (χ0v) is 11.3. The van der Waals surface area contributed by atoms with Gasteiger partial charge in [0, 0.05) is 13.1 Å². The highest BCUT2D eigenvalue weighted by atomic mass is 32.2. The molecule has 0 aromatic heterocycles. The largest absolute Gasteiger partial charge is 0.386 e. The molecule has 0 atom stereocenters. The molecule has 0 bridgehead atoms. The minimum Gasteiger partial charge on any atom is -0.386 e. The summed E-state index contributed by atoms with van der Waals surface area (Å²) in [6, 6.07) is 6.59. The molecule has 1 aromatic carbocycles. The van der Waals surface area contributed by atoms with Gasteiger partial charge in [-0.3, -0.25) is 0 Å². The third kappa shape index (κ3) is 2.23. The van der Waals surface area contributed by atoms with Crippen molar-refractivity contribution in [3.8, 4) is 0 Å². The highest BCUT2D eigenvalue weighted by Crippen LogP contribution is 2.35. The minimum absolute atomic E-state index is 0.107. The summed E-state index contributed by atoms with van der Waals surface area (Å²) < 4.78 is 23.0. The molecule has 1 aliphatic heterocycles. The van der Waals surface area contributed by atoms with Crippen LogP contribution in [0.25, 0.3) is 0 Å². The lowest BCUT2D eigenvalue weighted by molar-refractivity contribution is -0.0303. The van der Waals surface area contributed by atoms with Crippen molar-refractivity contribution >= 4 is 15.7 Å². The van der Waals surface area contributed by atoms with E-state index in [9.17, 15) is 13.5 Å². The average Bonchev–Trinajstić information content (AvgIpc) is 2.23. The summed E-state index contributed by atoms with van der Waals surface area (Å²) >= 11 is 0. The number of sulfonamides is 1. The number of hydrogen-bond donors (Lipinski definition) is 2. The summed E-state index contributed by atoms with van der Waals surface area (Å²) in [6.45, 7) is 4.75. The second-order valence-electron chi connectivity index (χ2n) is 5.13. The lowest BCUT2D eigenvalue weighted by Gasteiger charge is -2.50. The van der Waals surface area contributed by atoms with E-state index in [1.54, 1.807) is 18.2 Å². The first-order valence-electron chi connectivity index (χ1n) is 5.83. The Labute approximate surface area is 107 Å². The first-order chi connectivity index (χ1) is 8.24. The molecule has 18 heavy (non-hydrogen) atoms. The summed E-state index contributed by atoms with van der Waals surface area (Å²) in [5.41, 5.74) is -0.184. The SMILES string of the molecule is CC(C)C1(O)CN(c2ccccc2S(N)(=O)=O)C1. The molecule has 0 spiro atoms. The van der Waals surface area contributed by atoms with E-state index in [0.29, 0.717) is 18.8 Å². The molecule has 1 fully saturated rings. The molecule has 0 unspecified atom stereocenters. The van der Waals surface area contributed by atoms with Crippen LogP contribution in [0.15, 0.2) is 29.2 Å². The number of aliphatic hydroxyl groups is 1. The quantitative estimate of drug-likeness (QED) is 0.839. The third-order valence-corrected chi connectivity index (χ3v) is 4.47. The van der Waals surface area contributed by atoms with Gasteiger partial charge in [0.1, 0.15) is 10.5 Å². The van der Waals surface area contributed by atoms with Crippen molar-refractivity contribution < 1.29 is 13.5 Å². The van der Waals surface area contributed by atoms with Crippen LogP contribution in [0.4, 0.5) is 5.69 Å². The van der Waals surface area contributed by atoms with Crippen molar-refractivity contribution in [2.75, 3.05) is 18.0 Å². The van der Waals surface area contributed by atoms with Gasteiger partial charge in [-0.1, -0.05) is 26.0 Å². The summed E-state index contributed by atoms with van der Waals surface area (Å²) in [4.78, 5) is 1.94. The van der Waals surface area contributed by atoms with Gasteiger partial charge in [0.05, 0.1) is 5.69 Å². The maximum absolute atomic E-state index is 11.5. The molecule has 5 nitrogen and oxygen atoms in total. The Morgan fingerprint density at radius 1 is 1.33 bits per heavy atom. The molecule has 1 aliphatic rings. The Kier molecular flexibility index (Phi) is 3.12. The van der Waals surface area contributed by atoms with Gasteiger partial charge in [-0.2, -0.15) is 0 Å². The van der Waals surface area contributed by atoms with E-state index >= 15 is 0 Å². The van der Waals surface area contributed by atoms with Gasteiger partial charge in [-0.25, -0.2) is 13.6 Å². The van der Waals surface area contributed by atoms with Gasteiger partial charge in [-0.15, -0.1) is 0 Å². The average molecular weight is 270 g/mol. The predicted molar refractivity (Wildman–Crippen MR) is 69.8 cm³/mol. The summed E-state index contributed by atoms with van der Waals surface area (Å²) in [5, 5.41) is 15.4. The second kappa shape index (κ2) is 4.22. The number of β-amino-alcohol motifs (C(OH)–C–C–N with tert-alkyl or cyclic N) is 1. The molecule has 2 rings (SSSR count). The van der Waals surface area contributed by atoms with E-state index in [0.717, 1.165) is 0 Å². The van der Waals surface area contributed by atoms with Crippen LogP contribution in [-0.4, -0.2) is 32.2 Å². The Morgan fingerprint density at radius 3 is 2.39 bits per heavy atom. The number of para-hydroxylation sites is 1. The van der Waals surface area contributed by atoms with Gasteiger partial charge in [0.15, 0.2) is 0 Å². The lowest BCUT2D eigenvalue weighted by Crippen LogP contribution is -2.65. The molecule has 0 amide bonds. The van der Waals surface area contributed by atoms with Crippen molar-refractivity contribution in [1.82, 2.24) is 0 Å². The zero-order valence-electron chi connectivity index (χ0n) is 10.5. The minimum atomic E-state index is -3.74. The number of rotatable bonds is 3. The summed E-state index contributed by atoms with van der Waals surface area (Å²) in [6.07, 6.45) is 0. The summed E-state index contributed by atoms with van der Waals surface area (Å²) in [7, 11) is -3.74. The Hall–Kier alpha value is -1.11. The van der Waals surface area contributed by atoms with Crippen LogP contribution in [0.3, 0.4) is 0 Å². The van der Waals surface area contributed by atoms with E-state index in [2.05, 4.69) is 0 Å². The number of benzene rings is 1. The first kappa shape index (κ1) is 13.3. The molecule has 6 heteroatoms. The molecule has 0 radical (unpaired) electrons. The normalized spacial score (nSPS) is 18.8. The van der Waals surface area contributed by atoms with E-state index < -0.39 is 15.6 Å². The van der Waals surface area contributed by atoms with Crippen LogP contribution >= 0.6 is 0 Å². The molecule has 1 saturated heterocycles. The van der Waals surface area contributed by atoms with Crippen molar-refractivity contribution in [3.05, 3.63) is 24.3 Å². The number of anilines is 1. The van der Waals surface area contributed by atoms with Crippen LogP contribution in [0.1, 0.15) is 13.8 Å². The van der Waals surface area contributed by atoms with Crippen LogP contribution in [-0.2, 0) is 10.0 Å². The first-order valence-corrected chi connectivity index (χ1v) is 7.38. The molecular weight excluding hydrogens is 252 g/mol. The standard InChI is InChI=1S/C12H18N2O3S/c1-9(2)12(15)7-14(8-12)10-5-3-4-6-11(10)18(13,16)17/h3-6,9,15H,7-8H2,1-2H3,(H2,13,16,17). The number of primary sulfonamides is 1. The highest BCUT2D eigenvalue weighted by Gasteiger charge is 2.44. The maximum atomic E-state index is 11.5. The van der Waals surface area contributed by atoms with Crippen molar-refractivity contribution in [2.24, 2.45) is 11.1 Å². The Balaban J connectivity index is 2.28. The Bertz CT molecular complexity index is 548. The van der Waals surface area contributed by atoms with Crippen LogP contribution in [0, 0.1) is 5.92 Å². The van der Waals surface area contributed by atoms with Gasteiger partial charge in [-0.05, 0) is 18.1 Å². The zero-order chi connectivity index (χ0) is 13.6. The maximum Gasteiger partial charge on any atom is 0.240 e. The van der Waals surface area contributed by atoms with Crippen LogP contribution in [0.2, 0.25) is 0 Å². The van der Waals surface area contributed by atoms with Crippen molar-refractivity contribution in [1.29, 1.82) is 0 Å². The number of nitrogens with zero attached hydrogens (tertiary/aromatic N) is 1. The van der Waals surface area contributed by atoms with E-state index in [1.807, 2.05) is 18.7 Å². The molecule has 0 aliphatic carbocycles. The van der Waals surface area contributed by atoms with E-state index in [-0.39, 0.29) is 10.8 Å². The van der Waals surface area contributed by atoms with Crippen molar-refractivity contribution in [3.63, 3.8) is 0 Å². The van der Waals surface area contributed by atoms with Gasteiger partial charge in [0.25, 0.3) is 0 Å². The molecule has 3 N–H and O–H groups in total. The van der Waals surface area contributed by atoms with Crippen LogP contribution in [0.5, 0.6) is 0 Å². The summed E-state index contributed by atoms with van der Waals surface area (Å²) in [5.74, 6) is 0.135. The number of nitrogens with two attached hydrogens (primary N) is 1. The molecule has 100 valence electrons. The van der Waals surface area contributed by atoms with Crippen LogP contribution < -0.4 is 10.0 Å². The van der Waals surface area contributed by atoms with Gasteiger partial charge in [0.2, 0.25) is 10.0 Å². The lowest BCUT2D eigenvalue weighted by atomic mass is 9.82. The fourth-order valence-corrected chi connectivity index (χ4v) is 2.87. The highest BCUT2D eigenvalue weighted by molar-refractivity contribution is 7.89. The van der Waals surface area contributed by atoms with E-state index in [1.165, 1.54) is 6.07 Å². The fraction of sp³-hybridized carbons (Fsp3) is 0.500. The van der Waals surface area contributed by atoms with Gasteiger partial charge >= 0.3 is 0 Å². The third-order valence-electron chi connectivity index (χ3n) is 3.52. The predicted octanol–water partition coefficient (Wildman–Crippen LogP) is 0.541. The molecular formula is C12H18N2O3S. The Morgan fingerprint density at radius 2 is 1.89 bits per heavy atom. The van der Waals surface area contributed by atoms with Crippen molar-refractivity contribution in [2.45, 2.75) is 24.3 Å². The fourth-order valence-electron chi connectivity index (χ4n) is 2.11.